The molecule has 4 amide bonds. The first-order valence-electron chi connectivity index (χ1n) is 24.8. The van der Waals surface area contributed by atoms with Crippen LogP contribution in [0.1, 0.15) is 116 Å². The van der Waals surface area contributed by atoms with E-state index in [0.29, 0.717) is 38.1 Å². The number of amidine groups is 1. The number of nitrogens with zero attached hydrogens (tertiary/aromatic N) is 6. The Kier molecular flexibility index (Phi) is 14.0. The molecule has 3 aromatic heterocycles. The van der Waals surface area contributed by atoms with Crippen LogP contribution in [0.5, 0.6) is 0 Å². The normalized spacial score (nSPS) is 30.1. The second kappa shape index (κ2) is 20.1. The molecular formula is C51H68N10O8. The second-order valence-electron chi connectivity index (χ2n) is 20.1. The number of imidazole rings is 1. The molecule has 69 heavy (non-hydrogen) atoms. The number of nitrogens with one attached hydrogen (secondary N) is 4. The first-order chi connectivity index (χ1) is 33.2. The van der Waals surface area contributed by atoms with Crippen molar-refractivity contribution in [2.24, 2.45) is 16.8 Å². The van der Waals surface area contributed by atoms with Crippen LogP contribution in [0.4, 0.5) is 9.59 Å². The number of alkyl carbamates (subject to hydrolysis) is 2. The minimum atomic E-state index is -0.759. The molecule has 4 saturated heterocycles. The number of carbonyl (C=O) groups is 4. The standard InChI is InChI=1S/C51H68N10O8/c1-27-11-17-40(60(27)48(62)43(57-50(64)66-7)35-20-29(3)68-30(4)21-35)46-53-24-37(55-46)33-13-15-34(16-14-33)42-26-52-45(39-10-9-19-59(39)42)38-25-54-47(56-38)41-18-12-28(2)61(41)49(63)44(58-51(65)67-8)36-22-31(5)69-32(6)23-36/h9-10,13-16,19,25-32,35-37,40-41,43-44H,11-12,17-18,20-24H2,1-8H3,(H,53,55)(H,54,56)(H,57,64)(H,58,65)/t27-,28?,29-,30+,31-,32+,35+,36+,37?,40-,41-,43?,44-/m0/s1. The van der Waals surface area contributed by atoms with Crippen LogP contribution in [0.2, 0.25) is 0 Å². The number of likely N-dealkylation sites (tertiary alicyclic amines) is 2. The highest BCUT2D eigenvalue weighted by Crippen LogP contribution is 2.39. The number of aliphatic imine (C=N–C) groups is 1. The number of fused-ring (bicyclic) bond motifs is 1. The lowest BCUT2D eigenvalue weighted by Gasteiger charge is -2.39. The number of aromatic nitrogens is 4. The van der Waals surface area contributed by atoms with Gasteiger partial charge in [-0.1, -0.05) is 24.3 Å². The summed E-state index contributed by atoms with van der Waals surface area (Å²) < 4.78 is 24.0. The minimum Gasteiger partial charge on any atom is -0.453 e. The third-order valence-electron chi connectivity index (χ3n) is 15.1. The smallest absolute Gasteiger partial charge is 0.407 e. The average molecular weight is 949 g/mol. The Bertz CT molecular complexity index is 2520. The number of benzene rings is 1. The molecule has 5 aliphatic heterocycles. The van der Waals surface area contributed by atoms with Gasteiger partial charge in [0.2, 0.25) is 11.8 Å². The van der Waals surface area contributed by atoms with Crippen molar-refractivity contribution in [1.82, 2.24) is 45.1 Å². The van der Waals surface area contributed by atoms with Crippen molar-refractivity contribution in [3.63, 3.8) is 0 Å². The van der Waals surface area contributed by atoms with Crippen LogP contribution in [0, 0.1) is 11.8 Å². The Balaban J connectivity index is 0.888. The molecule has 0 spiro atoms. The molecule has 13 atom stereocenters. The third-order valence-corrected chi connectivity index (χ3v) is 15.1. The molecule has 4 aromatic rings. The van der Waals surface area contributed by atoms with Gasteiger partial charge >= 0.3 is 12.2 Å². The minimum absolute atomic E-state index is 0.0215. The van der Waals surface area contributed by atoms with Crippen LogP contribution in [0.15, 0.2) is 60.0 Å². The number of hydrogen-bond acceptors (Lipinski definition) is 12. The average Bonchev–Trinajstić information content (AvgIpc) is 4.20. The maximum absolute atomic E-state index is 14.5. The van der Waals surface area contributed by atoms with Crippen LogP contribution in [0.3, 0.4) is 0 Å². The Morgan fingerprint density at radius 2 is 1.26 bits per heavy atom. The summed E-state index contributed by atoms with van der Waals surface area (Å²) in [4.78, 5) is 76.3. The number of carbonyl (C=O) groups excluding carboxylic acids is 4. The number of amides is 4. The number of H-pyrrole nitrogens is 1. The summed E-state index contributed by atoms with van der Waals surface area (Å²) in [5.74, 6) is 1.02. The van der Waals surface area contributed by atoms with Gasteiger partial charge in [-0.2, -0.15) is 0 Å². The zero-order chi connectivity index (χ0) is 48.7. The molecule has 370 valence electrons. The summed E-state index contributed by atoms with van der Waals surface area (Å²) in [6, 6.07) is 10.3. The van der Waals surface area contributed by atoms with E-state index in [9.17, 15) is 19.2 Å². The molecule has 18 nitrogen and oxygen atoms in total. The summed E-state index contributed by atoms with van der Waals surface area (Å²) in [6.07, 6.45) is 10.1. The van der Waals surface area contributed by atoms with Gasteiger partial charge in [-0.15, -0.1) is 0 Å². The summed E-state index contributed by atoms with van der Waals surface area (Å²) >= 11 is 0. The van der Waals surface area contributed by atoms with Gasteiger partial charge in [0.1, 0.15) is 29.4 Å². The Morgan fingerprint density at radius 1 is 0.710 bits per heavy atom. The van der Waals surface area contributed by atoms with E-state index in [1.54, 1.807) is 6.20 Å². The van der Waals surface area contributed by atoms with Gasteiger partial charge in [0.25, 0.3) is 0 Å². The predicted octanol–water partition coefficient (Wildman–Crippen LogP) is 6.72. The maximum Gasteiger partial charge on any atom is 0.407 e. The number of methoxy groups -OCH3 is 2. The largest absolute Gasteiger partial charge is 0.453 e. The zero-order valence-electron chi connectivity index (χ0n) is 41.0. The van der Waals surface area contributed by atoms with E-state index in [-0.39, 0.29) is 78.3 Å². The fourth-order valence-electron chi connectivity index (χ4n) is 12.0. The molecule has 3 unspecified atom stereocenters. The quantitative estimate of drug-likeness (QED) is 0.124. The molecule has 9 rings (SSSR count). The highest BCUT2D eigenvalue weighted by Gasteiger charge is 2.47. The highest BCUT2D eigenvalue weighted by atomic mass is 16.5. The maximum atomic E-state index is 14.5. The van der Waals surface area contributed by atoms with Gasteiger partial charge in [-0.25, -0.2) is 14.6 Å². The van der Waals surface area contributed by atoms with Gasteiger partial charge in [0.15, 0.2) is 0 Å². The molecule has 1 aromatic carbocycles. The van der Waals surface area contributed by atoms with Crippen molar-refractivity contribution < 1.29 is 38.1 Å². The second-order valence-corrected chi connectivity index (χ2v) is 20.1. The van der Waals surface area contributed by atoms with Crippen molar-refractivity contribution in [3.8, 4) is 22.6 Å². The van der Waals surface area contributed by atoms with Gasteiger partial charge in [-0.05, 0) is 122 Å². The molecule has 0 bridgehead atoms. The van der Waals surface area contributed by atoms with E-state index >= 15 is 0 Å². The third kappa shape index (κ3) is 9.79. The van der Waals surface area contributed by atoms with Gasteiger partial charge in [0, 0.05) is 23.8 Å². The van der Waals surface area contributed by atoms with Crippen molar-refractivity contribution in [1.29, 1.82) is 0 Å². The lowest BCUT2D eigenvalue weighted by atomic mass is 9.85. The highest BCUT2D eigenvalue weighted by molar-refractivity contribution is 5.96. The van der Waals surface area contributed by atoms with Gasteiger partial charge < -0.3 is 54.1 Å². The molecule has 0 saturated carbocycles. The molecule has 18 heteroatoms. The van der Waals surface area contributed by atoms with Crippen molar-refractivity contribution in [2.45, 2.75) is 160 Å². The number of rotatable bonds is 11. The topological polar surface area (TPSA) is 206 Å². The number of aromatic amines is 1. The summed E-state index contributed by atoms with van der Waals surface area (Å²) in [5, 5.41) is 9.44. The van der Waals surface area contributed by atoms with Crippen molar-refractivity contribution >= 4 is 35.4 Å². The van der Waals surface area contributed by atoms with Gasteiger partial charge in [0.05, 0.1) is 92.6 Å². The predicted molar refractivity (Wildman–Crippen MR) is 258 cm³/mol. The molecule has 0 aliphatic carbocycles. The van der Waals surface area contributed by atoms with Crippen LogP contribution >= 0.6 is 0 Å². The molecular weight excluding hydrogens is 881 g/mol. The molecule has 4 N–H and O–H groups in total. The first-order valence-corrected chi connectivity index (χ1v) is 24.8. The molecule has 0 radical (unpaired) electrons. The first kappa shape index (κ1) is 48.0. The Labute approximate surface area is 403 Å². The van der Waals surface area contributed by atoms with Crippen molar-refractivity contribution in [2.75, 3.05) is 20.8 Å². The number of ether oxygens (including phenoxy) is 4. The lowest BCUT2D eigenvalue weighted by molar-refractivity contribution is -0.140. The van der Waals surface area contributed by atoms with E-state index in [1.165, 1.54) is 14.2 Å². The van der Waals surface area contributed by atoms with E-state index in [4.69, 9.17) is 33.9 Å². The van der Waals surface area contributed by atoms with Crippen LogP contribution < -0.4 is 16.0 Å². The van der Waals surface area contributed by atoms with Crippen LogP contribution in [0.25, 0.3) is 28.2 Å². The van der Waals surface area contributed by atoms with Gasteiger partial charge in [-0.3, -0.25) is 19.6 Å². The zero-order valence-corrected chi connectivity index (χ0v) is 41.0. The van der Waals surface area contributed by atoms with E-state index < -0.39 is 24.3 Å². The monoisotopic (exact) mass is 949 g/mol. The van der Waals surface area contributed by atoms with E-state index in [2.05, 4.69) is 56.5 Å². The van der Waals surface area contributed by atoms with Crippen LogP contribution in [-0.4, -0.2) is 134 Å². The number of hydrogen-bond donors (Lipinski definition) is 4. The van der Waals surface area contributed by atoms with E-state index in [1.807, 2.05) is 68.9 Å². The fraction of sp³-hybridized carbons (Fsp3) is 0.588. The molecule has 8 heterocycles. The van der Waals surface area contributed by atoms with Crippen molar-refractivity contribution in [3.05, 3.63) is 66.4 Å². The summed E-state index contributed by atoms with van der Waals surface area (Å²) in [5.41, 5.74) is 5.35. The van der Waals surface area contributed by atoms with E-state index in [0.717, 1.165) is 65.2 Å². The molecule has 5 aliphatic rings. The van der Waals surface area contributed by atoms with Crippen LogP contribution in [-0.2, 0) is 28.5 Å². The summed E-state index contributed by atoms with van der Waals surface area (Å²) in [6.45, 7) is 12.7. The fourth-order valence-corrected chi connectivity index (χ4v) is 12.0. The Hall–Kier alpha value is -6.01. The Morgan fingerprint density at radius 3 is 1.83 bits per heavy atom. The lowest BCUT2D eigenvalue weighted by Crippen LogP contribution is -2.58. The summed E-state index contributed by atoms with van der Waals surface area (Å²) in [7, 11) is 2.63. The molecule has 4 fully saturated rings. The SMILES string of the molecule is COC(=O)NC(C(=O)N1[C@@H](C)CC[C@H]1C1=NCC(c2ccc(-c3cnc(-c4cnc([C@@H]5CCC(C)N5C(=O)[C@@H](NC(=O)OC)[C@H]5C[C@@H](C)O[C@@H](C)C5)[nH]4)c4cccn34)cc2)N1)[C@H]1C[C@@H](C)O[C@@H](C)C1.